The summed E-state index contributed by atoms with van der Waals surface area (Å²) in [5.74, 6) is 0.893. The Morgan fingerprint density at radius 2 is 2.16 bits per heavy atom. The first-order valence-corrected chi connectivity index (χ1v) is 6.90. The van der Waals surface area contributed by atoms with Gasteiger partial charge in [-0.25, -0.2) is 0 Å². The van der Waals surface area contributed by atoms with E-state index >= 15 is 0 Å². The normalized spacial score (nSPS) is 12.5. The van der Waals surface area contributed by atoms with E-state index in [1.807, 2.05) is 25.1 Å². The molecule has 4 nitrogen and oxygen atoms in total. The van der Waals surface area contributed by atoms with Crippen LogP contribution in [0, 0.1) is 18.8 Å². The second-order valence-corrected chi connectivity index (χ2v) is 5.48. The molecule has 0 spiro atoms. The highest BCUT2D eigenvalue weighted by Crippen LogP contribution is 2.14. The standard InChI is InChI=1S/C15H25N3O/c1-11(2)7-13(9-16)8-15(19)17-10-14-6-4-5-12(3)18-14/h4-6,11,13H,7-10,16H2,1-3H3,(H,17,19). The lowest BCUT2D eigenvalue weighted by Gasteiger charge is -2.16. The maximum atomic E-state index is 11.9. The zero-order valence-corrected chi connectivity index (χ0v) is 12.1. The van der Waals surface area contributed by atoms with Crippen molar-refractivity contribution in [3.63, 3.8) is 0 Å². The minimum absolute atomic E-state index is 0.0550. The SMILES string of the molecule is Cc1cccc(CNC(=O)CC(CN)CC(C)C)n1. The average Bonchev–Trinajstić information content (AvgIpc) is 2.35. The number of rotatable bonds is 7. The molecule has 1 amide bonds. The highest BCUT2D eigenvalue weighted by atomic mass is 16.1. The van der Waals surface area contributed by atoms with Crippen LogP contribution in [0.25, 0.3) is 0 Å². The maximum absolute atomic E-state index is 11.9. The Balaban J connectivity index is 2.38. The van der Waals surface area contributed by atoms with Crippen molar-refractivity contribution in [3.05, 3.63) is 29.6 Å². The number of hydrogen-bond acceptors (Lipinski definition) is 3. The first-order chi connectivity index (χ1) is 9.01. The summed E-state index contributed by atoms with van der Waals surface area (Å²) < 4.78 is 0. The number of carbonyl (C=O) groups is 1. The van der Waals surface area contributed by atoms with Gasteiger partial charge in [-0.05, 0) is 43.9 Å². The molecule has 1 heterocycles. The summed E-state index contributed by atoms with van der Waals surface area (Å²) in [6, 6.07) is 5.81. The molecule has 3 N–H and O–H groups in total. The van der Waals surface area contributed by atoms with Gasteiger partial charge < -0.3 is 11.1 Å². The van der Waals surface area contributed by atoms with Gasteiger partial charge in [-0.1, -0.05) is 19.9 Å². The molecule has 0 saturated carbocycles. The Labute approximate surface area is 115 Å². The lowest BCUT2D eigenvalue weighted by Crippen LogP contribution is -2.28. The Morgan fingerprint density at radius 1 is 1.42 bits per heavy atom. The number of pyridine rings is 1. The van der Waals surface area contributed by atoms with E-state index in [2.05, 4.69) is 24.1 Å². The molecule has 0 bridgehead atoms. The molecule has 1 atom stereocenters. The Bertz CT molecular complexity index is 404. The second-order valence-electron chi connectivity index (χ2n) is 5.48. The Hall–Kier alpha value is -1.42. The van der Waals surface area contributed by atoms with E-state index in [1.165, 1.54) is 0 Å². The van der Waals surface area contributed by atoms with Gasteiger partial charge in [-0.3, -0.25) is 9.78 Å². The first-order valence-electron chi connectivity index (χ1n) is 6.90. The van der Waals surface area contributed by atoms with Crippen molar-refractivity contribution < 1.29 is 4.79 Å². The molecule has 19 heavy (non-hydrogen) atoms. The number of carbonyl (C=O) groups excluding carboxylic acids is 1. The van der Waals surface area contributed by atoms with Gasteiger partial charge in [0.25, 0.3) is 0 Å². The molecule has 0 aliphatic rings. The number of amides is 1. The summed E-state index contributed by atoms with van der Waals surface area (Å²) in [7, 11) is 0. The van der Waals surface area contributed by atoms with Gasteiger partial charge in [0.15, 0.2) is 0 Å². The van der Waals surface area contributed by atoms with Crippen LogP contribution < -0.4 is 11.1 Å². The topological polar surface area (TPSA) is 68.0 Å². The van der Waals surface area contributed by atoms with E-state index in [1.54, 1.807) is 0 Å². The van der Waals surface area contributed by atoms with Crippen molar-refractivity contribution in [1.29, 1.82) is 0 Å². The number of nitrogens with one attached hydrogen (secondary N) is 1. The van der Waals surface area contributed by atoms with E-state index in [0.717, 1.165) is 17.8 Å². The zero-order chi connectivity index (χ0) is 14.3. The van der Waals surface area contributed by atoms with Gasteiger partial charge in [0.2, 0.25) is 5.91 Å². The molecule has 1 aromatic heterocycles. The van der Waals surface area contributed by atoms with Gasteiger partial charge in [0, 0.05) is 12.1 Å². The van der Waals surface area contributed by atoms with E-state index in [4.69, 9.17) is 5.73 Å². The third kappa shape index (κ3) is 6.34. The van der Waals surface area contributed by atoms with E-state index in [-0.39, 0.29) is 11.8 Å². The highest BCUT2D eigenvalue weighted by Gasteiger charge is 2.13. The van der Waals surface area contributed by atoms with Gasteiger partial charge in [0.1, 0.15) is 0 Å². The van der Waals surface area contributed by atoms with Crippen molar-refractivity contribution in [3.8, 4) is 0 Å². The van der Waals surface area contributed by atoms with Crippen LogP contribution >= 0.6 is 0 Å². The summed E-state index contributed by atoms with van der Waals surface area (Å²) >= 11 is 0. The van der Waals surface area contributed by atoms with Gasteiger partial charge >= 0.3 is 0 Å². The lowest BCUT2D eigenvalue weighted by atomic mass is 9.94. The average molecular weight is 263 g/mol. The fourth-order valence-corrected chi connectivity index (χ4v) is 2.15. The summed E-state index contributed by atoms with van der Waals surface area (Å²) in [6.07, 6.45) is 1.49. The molecule has 0 aromatic carbocycles. The largest absolute Gasteiger partial charge is 0.350 e. The van der Waals surface area contributed by atoms with Crippen LogP contribution in [0.15, 0.2) is 18.2 Å². The van der Waals surface area contributed by atoms with Gasteiger partial charge in [0.05, 0.1) is 12.2 Å². The third-order valence-electron chi connectivity index (χ3n) is 3.02. The number of nitrogens with two attached hydrogens (primary N) is 1. The molecule has 0 radical (unpaired) electrons. The number of hydrogen-bond donors (Lipinski definition) is 2. The molecule has 4 heteroatoms. The zero-order valence-electron chi connectivity index (χ0n) is 12.1. The summed E-state index contributed by atoms with van der Waals surface area (Å²) in [5, 5.41) is 2.91. The Morgan fingerprint density at radius 3 is 2.74 bits per heavy atom. The fourth-order valence-electron chi connectivity index (χ4n) is 2.15. The van der Waals surface area contributed by atoms with Crippen LogP contribution in [0.2, 0.25) is 0 Å². The third-order valence-corrected chi connectivity index (χ3v) is 3.02. The van der Waals surface area contributed by atoms with Crippen molar-refractivity contribution in [2.45, 2.75) is 40.2 Å². The van der Waals surface area contributed by atoms with E-state index < -0.39 is 0 Å². The Kier molecular flexibility index (Phi) is 6.50. The smallest absolute Gasteiger partial charge is 0.220 e. The van der Waals surface area contributed by atoms with E-state index in [9.17, 15) is 4.79 Å². The molecule has 1 aromatic rings. The molecule has 1 rings (SSSR count). The predicted molar refractivity (Wildman–Crippen MR) is 77.4 cm³/mol. The monoisotopic (exact) mass is 263 g/mol. The quantitative estimate of drug-likeness (QED) is 0.791. The minimum Gasteiger partial charge on any atom is -0.350 e. The van der Waals surface area contributed by atoms with Crippen LogP contribution in [0.3, 0.4) is 0 Å². The van der Waals surface area contributed by atoms with Crippen molar-refractivity contribution in [2.75, 3.05) is 6.54 Å². The van der Waals surface area contributed by atoms with Crippen molar-refractivity contribution >= 4 is 5.91 Å². The molecular formula is C15H25N3O. The number of nitrogens with zero attached hydrogens (tertiary/aromatic N) is 1. The van der Waals surface area contributed by atoms with Crippen molar-refractivity contribution in [1.82, 2.24) is 10.3 Å². The second kappa shape index (κ2) is 7.89. The van der Waals surface area contributed by atoms with Gasteiger partial charge in [-0.15, -0.1) is 0 Å². The minimum atomic E-state index is 0.0550. The molecular weight excluding hydrogens is 238 g/mol. The van der Waals surface area contributed by atoms with Gasteiger partial charge in [-0.2, -0.15) is 0 Å². The molecule has 106 valence electrons. The predicted octanol–water partition coefficient (Wildman–Crippen LogP) is 2.02. The molecule has 0 aliphatic heterocycles. The summed E-state index contributed by atoms with van der Waals surface area (Å²) in [6.45, 7) is 7.29. The molecule has 0 aliphatic carbocycles. The summed E-state index contributed by atoms with van der Waals surface area (Å²) in [5.41, 5.74) is 7.56. The van der Waals surface area contributed by atoms with Crippen molar-refractivity contribution in [2.24, 2.45) is 17.6 Å². The number of aromatic nitrogens is 1. The molecule has 0 saturated heterocycles. The lowest BCUT2D eigenvalue weighted by molar-refractivity contribution is -0.122. The molecule has 0 fully saturated rings. The van der Waals surface area contributed by atoms with Crippen LogP contribution in [0.1, 0.15) is 38.1 Å². The van der Waals surface area contributed by atoms with Crippen LogP contribution in [-0.4, -0.2) is 17.4 Å². The molecule has 1 unspecified atom stereocenters. The van der Waals surface area contributed by atoms with Crippen LogP contribution in [0.5, 0.6) is 0 Å². The van der Waals surface area contributed by atoms with Crippen LogP contribution in [-0.2, 0) is 11.3 Å². The fraction of sp³-hybridized carbons (Fsp3) is 0.600. The number of aryl methyl sites for hydroxylation is 1. The maximum Gasteiger partial charge on any atom is 0.220 e. The summed E-state index contributed by atoms with van der Waals surface area (Å²) in [4.78, 5) is 16.2. The first kappa shape index (κ1) is 15.6. The van der Waals surface area contributed by atoms with Crippen LogP contribution in [0.4, 0.5) is 0 Å². The highest BCUT2D eigenvalue weighted by molar-refractivity contribution is 5.76. The van der Waals surface area contributed by atoms with E-state index in [0.29, 0.717) is 25.4 Å².